The van der Waals surface area contributed by atoms with Gasteiger partial charge in [0, 0.05) is 12.1 Å². The molecule has 0 saturated heterocycles. The van der Waals surface area contributed by atoms with Gasteiger partial charge < -0.3 is 20.1 Å². The van der Waals surface area contributed by atoms with Crippen LogP contribution in [0.5, 0.6) is 5.75 Å². The summed E-state index contributed by atoms with van der Waals surface area (Å²) in [6.07, 6.45) is 1.82. The van der Waals surface area contributed by atoms with Crippen molar-refractivity contribution in [2.45, 2.75) is 26.7 Å². The van der Waals surface area contributed by atoms with E-state index in [9.17, 15) is 14.4 Å². The van der Waals surface area contributed by atoms with E-state index in [0.717, 1.165) is 24.2 Å². The summed E-state index contributed by atoms with van der Waals surface area (Å²) in [5.74, 6) is -0.644. The Morgan fingerprint density at radius 1 is 1.07 bits per heavy atom. The Labute approximate surface area is 168 Å². The van der Waals surface area contributed by atoms with E-state index in [0.29, 0.717) is 28.3 Å². The average Bonchev–Trinajstić information content (AvgIpc) is 3.03. The maximum atomic E-state index is 12.6. The zero-order chi connectivity index (χ0) is 20.7. The number of nitrogens with one attached hydrogen (secondary N) is 2. The molecule has 2 amide bonds. The monoisotopic (exact) mass is 404 g/mol. The minimum atomic E-state index is -0.605. The van der Waals surface area contributed by atoms with Crippen molar-refractivity contribution < 1.29 is 23.9 Å². The molecule has 150 valence electrons. The lowest BCUT2D eigenvalue weighted by atomic mass is 10.1. The van der Waals surface area contributed by atoms with Crippen LogP contribution in [0.3, 0.4) is 0 Å². The Kier molecular flexibility index (Phi) is 7.57. The molecule has 0 aliphatic carbocycles. The summed E-state index contributed by atoms with van der Waals surface area (Å²) in [6, 6.07) is 6.57. The molecule has 2 N–H and O–H groups in total. The number of anilines is 1. The van der Waals surface area contributed by atoms with Gasteiger partial charge in [-0.1, -0.05) is 13.3 Å². The van der Waals surface area contributed by atoms with Crippen LogP contribution in [0.25, 0.3) is 0 Å². The van der Waals surface area contributed by atoms with E-state index >= 15 is 0 Å². The van der Waals surface area contributed by atoms with Gasteiger partial charge in [0.25, 0.3) is 11.8 Å². The van der Waals surface area contributed by atoms with Crippen LogP contribution >= 0.6 is 11.3 Å². The molecule has 0 radical (unpaired) electrons. The number of amides is 2. The van der Waals surface area contributed by atoms with Gasteiger partial charge in [0.15, 0.2) is 0 Å². The summed E-state index contributed by atoms with van der Waals surface area (Å²) in [4.78, 5) is 37.7. The number of carbonyl (C=O) groups excluding carboxylic acids is 3. The largest absolute Gasteiger partial charge is 0.497 e. The summed E-state index contributed by atoms with van der Waals surface area (Å²) in [7, 11) is 2.80. The van der Waals surface area contributed by atoms with Crippen molar-refractivity contribution in [1.82, 2.24) is 5.32 Å². The van der Waals surface area contributed by atoms with E-state index in [1.165, 1.54) is 7.11 Å². The van der Waals surface area contributed by atoms with Crippen LogP contribution < -0.4 is 15.4 Å². The highest BCUT2D eigenvalue weighted by Crippen LogP contribution is 2.34. The van der Waals surface area contributed by atoms with Crippen molar-refractivity contribution >= 4 is 34.1 Å². The molecule has 0 unspecified atom stereocenters. The van der Waals surface area contributed by atoms with E-state index < -0.39 is 11.9 Å². The third-order valence-electron chi connectivity index (χ3n) is 4.14. The Balaban J connectivity index is 2.30. The third-order valence-corrected chi connectivity index (χ3v) is 5.34. The van der Waals surface area contributed by atoms with Gasteiger partial charge in [-0.05, 0) is 43.2 Å². The molecule has 0 atom stereocenters. The number of methoxy groups -OCH3 is 2. The summed E-state index contributed by atoms with van der Waals surface area (Å²) < 4.78 is 9.92. The molecule has 0 aliphatic rings. The lowest BCUT2D eigenvalue weighted by Gasteiger charge is -2.07. The summed E-state index contributed by atoms with van der Waals surface area (Å²) in [5.41, 5.74) is 1.07. The number of benzene rings is 1. The Morgan fingerprint density at radius 2 is 1.75 bits per heavy atom. The fourth-order valence-electron chi connectivity index (χ4n) is 2.54. The normalized spacial score (nSPS) is 10.3. The number of carbonyl (C=O) groups is 3. The van der Waals surface area contributed by atoms with Crippen molar-refractivity contribution in [2.24, 2.45) is 0 Å². The number of esters is 1. The maximum absolute atomic E-state index is 12.6. The standard InChI is InChI=1S/C20H24N2O5S/c1-5-6-11-21-18(24)16-12(2)15(20(25)27-4)19(28-16)22-17(23)13-7-9-14(26-3)10-8-13/h7-10H,5-6,11H2,1-4H3,(H,21,24)(H,22,23). The molecular weight excluding hydrogens is 380 g/mol. The smallest absolute Gasteiger partial charge is 0.341 e. The van der Waals surface area contributed by atoms with Crippen LogP contribution in [0.2, 0.25) is 0 Å². The maximum Gasteiger partial charge on any atom is 0.341 e. The van der Waals surface area contributed by atoms with Crippen LogP contribution in [0, 0.1) is 6.92 Å². The van der Waals surface area contributed by atoms with E-state index in [1.807, 2.05) is 6.92 Å². The molecule has 1 aromatic heterocycles. The number of hydrogen-bond donors (Lipinski definition) is 2. The SMILES string of the molecule is CCCCNC(=O)c1sc(NC(=O)c2ccc(OC)cc2)c(C(=O)OC)c1C. The molecular formula is C20H24N2O5S. The van der Waals surface area contributed by atoms with Crippen molar-refractivity contribution in [3.8, 4) is 5.75 Å². The van der Waals surface area contributed by atoms with Crippen molar-refractivity contribution in [2.75, 3.05) is 26.1 Å². The average molecular weight is 404 g/mol. The van der Waals surface area contributed by atoms with E-state index in [4.69, 9.17) is 9.47 Å². The first-order chi connectivity index (χ1) is 13.4. The van der Waals surface area contributed by atoms with Crippen molar-refractivity contribution in [3.05, 3.63) is 45.8 Å². The molecule has 2 rings (SSSR count). The predicted molar refractivity (Wildman–Crippen MR) is 109 cm³/mol. The molecule has 28 heavy (non-hydrogen) atoms. The van der Waals surface area contributed by atoms with Crippen molar-refractivity contribution in [1.29, 1.82) is 0 Å². The van der Waals surface area contributed by atoms with Crippen molar-refractivity contribution in [3.63, 3.8) is 0 Å². The van der Waals surface area contributed by atoms with Gasteiger partial charge in [-0.25, -0.2) is 4.79 Å². The van der Waals surface area contributed by atoms with Gasteiger partial charge in [-0.2, -0.15) is 0 Å². The highest BCUT2D eigenvalue weighted by atomic mass is 32.1. The Morgan fingerprint density at radius 3 is 2.32 bits per heavy atom. The van der Waals surface area contributed by atoms with Gasteiger partial charge in [0.2, 0.25) is 0 Å². The second kappa shape index (κ2) is 9.89. The molecule has 2 aromatic rings. The third kappa shape index (κ3) is 4.89. The second-order valence-corrected chi connectivity index (χ2v) is 7.06. The zero-order valence-corrected chi connectivity index (χ0v) is 17.2. The van der Waals surface area contributed by atoms with Crippen LogP contribution in [-0.2, 0) is 4.74 Å². The quantitative estimate of drug-likeness (QED) is 0.518. The number of hydrogen-bond acceptors (Lipinski definition) is 6. The van der Waals surface area contributed by atoms with Crippen LogP contribution in [0.15, 0.2) is 24.3 Å². The number of thiophene rings is 1. The van der Waals surface area contributed by atoms with Crippen LogP contribution in [0.1, 0.15) is 55.7 Å². The topological polar surface area (TPSA) is 93.7 Å². The number of ether oxygens (including phenoxy) is 2. The fourth-order valence-corrected chi connectivity index (χ4v) is 3.65. The lowest BCUT2D eigenvalue weighted by Crippen LogP contribution is -2.24. The number of unbranched alkanes of at least 4 members (excludes halogenated alkanes) is 1. The van der Waals surface area contributed by atoms with E-state index in [2.05, 4.69) is 10.6 Å². The van der Waals surface area contributed by atoms with Gasteiger partial charge >= 0.3 is 5.97 Å². The van der Waals surface area contributed by atoms with Gasteiger partial charge in [-0.15, -0.1) is 11.3 Å². The van der Waals surface area contributed by atoms with Crippen LogP contribution in [0.4, 0.5) is 5.00 Å². The molecule has 0 aliphatic heterocycles. The molecule has 1 aromatic carbocycles. The first kappa shape index (κ1) is 21.4. The van der Waals surface area contributed by atoms with Gasteiger partial charge in [-0.3, -0.25) is 9.59 Å². The molecule has 0 fully saturated rings. The highest BCUT2D eigenvalue weighted by molar-refractivity contribution is 7.18. The Hall–Kier alpha value is -2.87. The van der Waals surface area contributed by atoms with E-state index in [1.54, 1.807) is 38.3 Å². The molecule has 0 spiro atoms. The molecule has 7 nitrogen and oxygen atoms in total. The van der Waals surface area contributed by atoms with Gasteiger partial charge in [0.1, 0.15) is 10.8 Å². The van der Waals surface area contributed by atoms with E-state index in [-0.39, 0.29) is 16.5 Å². The Bertz CT molecular complexity index is 858. The molecule has 0 bridgehead atoms. The summed E-state index contributed by atoms with van der Waals surface area (Å²) >= 11 is 1.06. The van der Waals surface area contributed by atoms with Crippen LogP contribution in [-0.4, -0.2) is 38.5 Å². The zero-order valence-electron chi connectivity index (χ0n) is 16.4. The summed E-state index contributed by atoms with van der Waals surface area (Å²) in [6.45, 7) is 4.25. The molecule has 8 heteroatoms. The lowest BCUT2D eigenvalue weighted by molar-refractivity contribution is 0.0601. The highest BCUT2D eigenvalue weighted by Gasteiger charge is 2.26. The number of rotatable bonds is 8. The predicted octanol–water partition coefficient (Wildman–Crippen LogP) is 3.63. The summed E-state index contributed by atoms with van der Waals surface area (Å²) in [5, 5.41) is 5.83. The van der Waals surface area contributed by atoms with Gasteiger partial charge in [0.05, 0.1) is 24.7 Å². The minimum absolute atomic E-state index is 0.190. The molecule has 0 saturated carbocycles. The second-order valence-electron chi connectivity index (χ2n) is 6.04. The fraction of sp³-hybridized carbons (Fsp3) is 0.350. The first-order valence-electron chi connectivity index (χ1n) is 8.88. The first-order valence-corrected chi connectivity index (χ1v) is 9.69. The molecule has 1 heterocycles. The minimum Gasteiger partial charge on any atom is -0.497 e.